The van der Waals surface area contributed by atoms with Crippen LogP contribution in [0.4, 0.5) is 15.8 Å². The Balaban J connectivity index is 1.86. The van der Waals surface area contributed by atoms with Gasteiger partial charge in [-0.05, 0) is 62.2 Å². The van der Waals surface area contributed by atoms with E-state index in [1.165, 1.54) is 12.1 Å². The van der Waals surface area contributed by atoms with E-state index >= 15 is 0 Å². The normalized spacial score (nSPS) is 10.6. The molecule has 0 saturated carbocycles. The molecule has 2 rings (SSSR count). The molecule has 1 amide bonds. The lowest BCUT2D eigenvalue weighted by Crippen LogP contribution is -2.28. The van der Waals surface area contributed by atoms with Crippen LogP contribution in [-0.2, 0) is 11.3 Å². The maximum Gasteiger partial charge on any atom is 0.238 e. The molecule has 0 heterocycles. The molecule has 5 heteroatoms. The van der Waals surface area contributed by atoms with E-state index in [9.17, 15) is 9.18 Å². The van der Waals surface area contributed by atoms with E-state index < -0.39 is 0 Å². The van der Waals surface area contributed by atoms with Gasteiger partial charge < -0.3 is 15.5 Å². The molecule has 0 aliphatic carbocycles. The van der Waals surface area contributed by atoms with Crippen molar-refractivity contribution in [2.24, 2.45) is 0 Å². The third kappa shape index (κ3) is 5.57. The largest absolute Gasteiger partial charge is 0.372 e. The minimum Gasteiger partial charge on any atom is -0.372 e. The Hall–Kier alpha value is -2.40. The second-order valence-electron chi connectivity index (χ2n) is 5.95. The quantitative estimate of drug-likeness (QED) is 0.768. The molecule has 2 N–H and O–H groups in total. The highest BCUT2D eigenvalue weighted by Gasteiger charge is 2.08. The molecule has 0 radical (unpaired) electrons. The summed E-state index contributed by atoms with van der Waals surface area (Å²) in [4.78, 5) is 14.4. The van der Waals surface area contributed by atoms with Crippen LogP contribution in [0.15, 0.2) is 42.5 Å². The van der Waals surface area contributed by atoms with Crippen molar-refractivity contribution in [3.8, 4) is 0 Å². The molecule has 134 valence electrons. The maximum atomic E-state index is 12.9. The van der Waals surface area contributed by atoms with Crippen LogP contribution in [0.5, 0.6) is 0 Å². The van der Waals surface area contributed by atoms with Crippen molar-refractivity contribution < 1.29 is 9.18 Å². The highest BCUT2D eigenvalue weighted by Crippen LogP contribution is 2.22. The van der Waals surface area contributed by atoms with Gasteiger partial charge in [-0.2, -0.15) is 0 Å². The molecule has 0 aliphatic rings. The molecular formula is C20H26FN3O. The molecule has 2 aromatic rings. The van der Waals surface area contributed by atoms with Gasteiger partial charge in [0.05, 0.1) is 6.54 Å². The van der Waals surface area contributed by atoms with Gasteiger partial charge in [-0.25, -0.2) is 4.39 Å². The van der Waals surface area contributed by atoms with E-state index in [2.05, 4.69) is 35.4 Å². The predicted molar refractivity (Wildman–Crippen MR) is 101 cm³/mol. The zero-order valence-electron chi connectivity index (χ0n) is 15.1. The van der Waals surface area contributed by atoms with Gasteiger partial charge in [0, 0.05) is 31.0 Å². The zero-order chi connectivity index (χ0) is 18.2. The number of carbonyl (C=O) groups excluding carboxylic acids is 1. The average molecular weight is 343 g/mol. The minimum atomic E-state index is -0.259. The van der Waals surface area contributed by atoms with Crippen LogP contribution in [0.3, 0.4) is 0 Å². The summed E-state index contributed by atoms with van der Waals surface area (Å²) < 4.78 is 12.9. The first-order valence-electron chi connectivity index (χ1n) is 8.64. The molecule has 0 atom stereocenters. The van der Waals surface area contributed by atoms with Crippen LogP contribution in [0.2, 0.25) is 0 Å². The second kappa shape index (κ2) is 9.18. The molecule has 0 fully saturated rings. The van der Waals surface area contributed by atoms with Crippen LogP contribution < -0.4 is 15.5 Å². The number of nitrogens with one attached hydrogen (secondary N) is 2. The molecule has 4 nitrogen and oxygen atoms in total. The van der Waals surface area contributed by atoms with E-state index in [1.807, 2.05) is 19.1 Å². The average Bonchev–Trinajstić information content (AvgIpc) is 2.60. The number of hydrogen-bond donors (Lipinski definition) is 2. The SMILES string of the molecule is CCN(CC)c1ccc(NC(=O)CNCc2ccc(F)cc2)c(C)c1. The Morgan fingerprint density at radius 1 is 1.08 bits per heavy atom. The molecule has 0 saturated heterocycles. The molecule has 25 heavy (non-hydrogen) atoms. The molecule has 0 bridgehead atoms. The zero-order valence-corrected chi connectivity index (χ0v) is 15.1. The number of aryl methyl sites for hydroxylation is 1. The highest BCUT2D eigenvalue weighted by atomic mass is 19.1. The summed E-state index contributed by atoms with van der Waals surface area (Å²) in [5.74, 6) is -0.356. The molecule has 0 aliphatic heterocycles. The summed E-state index contributed by atoms with van der Waals surface area (Å²) in [6.45, 7) is 8.88. The van der Waals surface area contributed by atoms with Gasteiger partial charge in [-0.1, -0.05) is 12.1 Å². The van der Waals surface area contributed by atoms with E-state index in [0.29, 0.717) is 6.54 Å². The standard InChI is InChI=1S/C20H26FN3O/c1-4-24(5-2)18-10-11-19(15(3)12-18)23-20(25)14-22-13-16-6-8-17(21)9-7-16/h6-12,22H,4-5,13-14H2,1-3H3,(H,23,25). The van der Waals surface area contributed by atoms with E-state index in [0.717, 1.165) is 35.6 Å². The summed E-state index contributed by atoms with van der Waals surface area (Å²) in [6, 6.07) is 12.3. The monoisotopic (exact) mass is 343 g/mol. The fourth-order valence-electron chi connectivity index (χ4n) is 2.69. The van der Waals surface area contributed by atoms with Crippen molar-refractivity contribution in [2.75, 3.05) is 29.9 Å². The fraction of sp³-hybridized carbons (Fsp3) is 0.350. The van der Waals surface area contributed by atoms with Crippen LogP contribution >= 0.6 is 0 Å². The van der Waals surface area contributed by atoms with Crippen LogP contribution in [-0.4, -0.2) is 25.5 Å². The van der Waals surface area contributed by atoms with Crippen molar-refractivity contribution >= 4 is 17.3 Å². The second-order valence-corrected chi connectivity index (χ2v) is 5.95. The lowest BCUT2D eigenvalue weighted by molar-refractivity contribution is -0.115. The van der Waals surface area contributed by atoms with Gasteiger partial charge in [0.2, 0.25) is 5.91 Å². The summed E-state index contributed by atoms with van der Waals surface area (Å²) in [5, 5.41) is 5.99. The van der Waals surface area contributed by atoms with Gasteiger partial charge in [-0.3, -0.25) is 4.79 Å². The number of benzene rings is 2. The lowest BCUT2D eigenvalue weighted by atomic mass is 10.1. The number of anilines is 2. The van der Waals surface area contributed by atoms with Crippen molar-refractivity contribution in [2.45, 2.75) is 27.3 Å². The molecule has 0 spiro atoms. The van der Waals surface area contributed by atoms with Crippen molar-refractivity contribution in [1.29, 1.82) is 0 Å². The van der Waals surface area contributed by atoms with Crippen LogP contribution in [0.1, 0.15) is 25.0 Å². The molecule has 0 unspecified atom stereocenters. The van der Waals surface area contributed by atoms with Gasteiger partial charge in [0.1, 0.15) is 5.82 Å². The first-order chi connectivity index (χ1) is 12.0. The number of nitrogens with zero attached hydrogens (tertiary/aromatic N) is 1. The summed E-state index contributed by atoms with van der Waals surface area (Å²) in [5.41, 5.74) is 3.96. The molecular weight excluding hydrogens is 317 g/mol. The Morgan fingerprint density at radius 2 is 1.76 bits per heavy atom. The number of hydrogen-bond acceptors (Lipinski definition) is 3. The van der Waals surface area contributed by atoms with Gasteiger partial charge in [0.15, 0.2) is 0 Å². The topological polar surface area (TPSA) is 44.4 Å². The number of halogens is 1. The smallest absolute Gasteiger partial charge is 0.238 e. The first-order valence-corrected chi connectivity index (χ1v) is 8.64. The first kappa shape index (κ1) is 18.9. The maximum absolute atomic E-state index is 12.9. The number of carbonyl (C=O) groups is 1. The van der Waals surface area contributed by atoms with Crippen molar-refractivity contribution in [3.05, 3.63) is 59.4 Å². The summed E-state index contributed by atoms with van der Waals surface area (Å²) in [6.07, 6.45) is 0. The molecule has 0 aromatic heterocycles. The third-order valence-corrected chi connectivity index (χ3v) is 4.14. The number of rotatable bonds is 8. The van der Waals surface area contributed by atoms with E-state index in [4.69, 9.17) is 0 Å². The van der Waals surface area contributed by atoms with Gasteiger partial charge in [0.25, 0.3) is 0 Å². The van der Waals surface area contributed by atoms with Crippen LogP contribution in [0, 0.1) is 12.7 Å². The summed E-state index contributed by atoms with van der Waals surface area (Å²) in [7, 11) is 0. The predicted octanol–water partition coefficient (Wildman–Crippen LogP) is 3.71. The lowest BCUT2D eigenvalue weighted by Gasteiger charge is -2.22. The van der Waals surface area contributed by atoms with Crippen LogP contribution in [0.25, 0.3) is 0 Å². The van der Waals surface area contributed by atoms with E-state index in [1.54, 1.807) is 12.1 Å². The molecule has 2 aromatic carbocycles. The number of amides is 1. The fourth-order valence-corrected chi connectivity index (χ4v) is 2.69. The Labute approximate surface area is 149 Å². The highest BCUT2D eigenvalue weighted by molar-refractivity contribution is 5.93. The summed E-state index contributed by atoms with van der Waals surface area (Å²) >= 11 is 0. The Kier molecular flexibility index (Phi) is 6.95. The minimum absolute atomic E-state index is 0.0965. The Bertz CT molecular complexity index is 697. The van der Waals surface area contributed by atoms with Gasteiger partial charge in [-0.15, -0.1) is 0 Å². The third-order valence-electron chi connectivity index (χ3n) is 4.14. The van der Waals surface area contributed by atoms with E-state index in [-0.39, 0.29) is 18.3 Å². The Morgan fingerprint density at radius 3 is 2.36 bits per heavy atom. The van der Waals surface area contributed by atoms with Crippen molar-refractivity contribution in [1.82, 2.24) is 5.32 Å². The van der Waals surface area contributed by atoms with Gasteiger partial charge >= 0.3 is 0 Å². The van der Waals surface area contributed by atoms with Crippen molar-refractivity contribution in [3.63, 3.8) is 0 Å².